The molecule has 0 saturated carbocycles. The van der Waals surface area contributed by atoms with E-state index >= 15 is 0 Å². The fourth-order valence-electron chi connectivity index (χ4n) is 2.51. The van der Waals surface area contributed by atoms with E-state index in [2.05, 4.69) is 0 Å². The number of anilines is 1. The van der Waals surface area contributed by atoms with Crippen molar-refractivity contribution in [1.29, 1.82) is 0 Å². The first-order valence-corrected chi connectivity index (χ1v) is 9.19. The highest BCUT2D eigenvalue weighted by molar-refractivity contribution is 7.99. The van der Waals surface area contributed by atoms with E-state index in [4.69, 9.17) is 9.84 Å². The maximum absolute atomic E-state index is 12.8. The van der Waals surface area contributed by atoms with Gasteiger partial charge in [0, 0.05) is 24.9 Å². The summed E-state index contributed by atoms with van der Waals surface area (Å²) in [7, 11) is 1.67. The summed E-state index contributed by atoms with van der Waals surface area (Å²) in [6.07, 6.45) is 1.21. The zero-order chi connectivity index (χ0) is 18.4. The summed E-state index contributed by atoms with van der Waals surface area (Å²) < 4.78 is 5.08. The number of carbonyl (C=O) groups excluding carboxylic acids is 2. The molecule has 1 aliphatic rings. The van der Waals surface area contributed by atoms with Crippen molar-refractivity contribution in [3.8, 4) is 5.75 Å². The summed E-state index contributed by atoms with van der Waals surface area (Å²) in [6, 6.07) is 6.17. The molecule has 1 aliphatic heterocycles. The molecular formula is C17H22N2O5S. The molecule has 0 aromatic heterocycles. The van der Waals surface area contributed by atoms with Crippen molar-refractivity contribution in [1.82, 2.24) is 4.90 Å². The van der Waals surface area contributed by atoms with Crippen LogP contribution in [0, 0.1) is 0 Å². The van der Waals surface area contributed by atoms with Gasteiger partial charge in [0.1, 0.15) is 11.8 Å². The molecule has 0 radical (unpaired) electrons. The lowest BCUT2D eigenvalue weighted by atomic mass is 10.2. The zero-order valence-corrected chi connectivity index (χ0v) is 15.1. The molecule has 1 N–H and O–H groups in total. The first kappa shape index (κ1) is 19.1. The number of benzene rings is 1. The quantitative estimate of drug-likeness (QED) is 0.792. The third kappa shape index (κ3) is 4.88. The van der Waals surface area contributed by atoms with Crippen LogP contribution in [0.4, 0.5) is 5.69 Å². The summed E-state index contributed by atoms with van der Waals surface area (Å²) in [6.45, 7) is 1.53. The Kier molecular flexibility index (Phi) is 6.69. The Balaban J connectivity index is 2.03. The van der Waals surface area contributed by atoms with Crippen LogP contribution in [0.15, 0.2) is 24.3 Å². The third-order valence-electron chi connectivity index (χ3n) is 3.87. The van der Waals surface area contributed by atoms with Crippen LogP contribution in [-0.4, -0.2) is 59.1 Å². The fraction of sp³-hybridized carbons (Fsp3) is 0.471. The van der Waals surface area contributed by atoms with Crippen molar-refractivity contribution in [2.75, 3.05) is 30.2 Å². The lowest BCUT2D eigenvalue weighted by Crippen LogP contribution is -2.47. The molecule has 8 heteroatoms. The number of nitrogens with zero attached hydrogens (tertiary/aromatic N) is 2. The van der Waals surface area contributed by atoms with Crippen molar-refractivity contribution >= 4 is 35.2 Å². The van der Waals surface area contributed by atoms with E-state index in [0.29, 0.717) is 29.5 Å². The van der Waals surface area contributed by atoms with Crippen LogP contribution < -0.4 is 9.64 Å². The van der Waals surface area contributed by atoms with Crippen LogP contribution in [0.2, 0.25) is 0 Å². The maximum atomic E-state index is 12.8. The van der Waals surface area contributed by atoms with Gasteiger partial charge >= 0.3 is 5.97 Å². The minimum absolute atomic E-state index is 0.0108. The molecule has 136 valence electrons. The molecule has 2 rings (SSSR count). The molecule has 25 heavy (non-hydrogen) atoms. The number of rotatable bonds is 7. The van der Waals surface area contributed by atoms with Gasteiger partial charge in [-0.2, -0.15) is 0 Å². The fourth-order valence-corrected chi connectivity index (χ4v) is 3.68. The molecular weight excluding hydrogens is 344 g/mol. The molecule has 1 aromatic rings. The van der Waals surface area contributed by atoms with Crippen molar-refractivity contribution in [2.24, 2.45) is 0 Å². The minimum Gasteiger partial charge on any atom is -0.482 e. The monoisotopic (exact) mass is 366 g/mol. The number of aliphatic carboxylic acids is 1. The second kappa shape index (κ2) is 8.75. The summed E-state index contributed by atoms with van der Waals surface area (Å²) >= 11 is 1.58. The van der Waals surface area contributed by atoms with Crippen LogP contribution in [0.25, 0.3) is 0 Å². The van der Waals surface area contributed by atoms with Gasteiger partial charge in [-0.3, -0.25) is 9.59 Å². The molecule has 2 amide bonds. The first-order chi connectivity index (χ1) is 11.9. The number of carboxylic acids is 1. The molecule has 0 aliphatic carbocycles. The number of carboxylic acid groups (broad SMARTS) is 1. The van der Waals surface area contributed by atoms with Gasteiger partial charge in [-0.1, -0.05) is 6.92 Å². The molecule has 1 saturated heterocycles. The normalized spacial score (nSPS) is 16.6. The highest BCUT2D eigenvalue weighted by Gasteiger charge is 2.36. The van der Waals surface area contributed by atoms with Crippen molar-refractivity contribution < 1.29 is 24.2 Å². The van der Waals surface area contributed by atoms with Crippen LogP contribution in [0.3, 0.4) is 0 Å². The number of amides is 2. The van der Waals surface area contributed by atoms with E-state index in [-0.39, 0.29) is 11.8 Å². The number of likely N-dealkylation sites (N-methyl/N-ethyl adjacent to an activating group) is 1. The van der Waals surface area contributed by atoms with Crippen molar-refractivity contribution in [3.63, 3.8) is 0 Å². The van der Waals surface area contributed by atoms with Crippen molar-refractivity contribution in [2.45, 2.75) is 25.8 Å². The van der Waals surface area contributed by atoms with Gasteiger partial charge in [-0.25, -0.2) is 4.79 Å². The average molecular weight is 366 g/mol. The van der Waals surface area contributed by atoms with Gasteiger partial charge in [0.2, 0.25) is 11.8 Å². The highest BCUT2D eigenvalue weighted by atomic mass is 32.2. The molecule has 7 nitrogen and oxygen atoms in total. The lowest BCUT2D eigenvalue weighted by Gasteiger charge is -2.27. The van der Waals surface area contributed by atoms with Gasteiger partial charge < -0.3 is 19.6 Å². The predicted molar refractivity (Wildman–Crippen MR) is 95.8 cm³/mol. The summed E-state index contributed by atoms with van der Waals surface area (Å²) in [5, 5.41) is 8.61. The Hall–Kier alpha value is -2.22. The predicted octanol–water partition coefficient (Wildman–Crippen LogP) is 1.81. The standard InChI is InChI=1S/C17H22N2O5S/c1-3-4-15(20)19-11-25-10-14(19)17(23)18(2)12-5-7-13(8-6-12)24-9-16(21)22/h5-8,14H,3-4,9-11H2,1-2H3,(H,21,22). The van der Waals surface area contributed by atoms with E-state index in [9.17, 15) is 14.4 Å². The Morgan fingerprint density at radius 3 is 2.60 bits per heavy atom. The van der Waals surface area contributed by atoms with Crippen LogP contribution in [0.5, 0.6) is 5.75 Å². The Morgan fingerprint density at radius 2 is 2.00 bits per heavy atom. The average Bonchev–Trinajstić information content (AvgIpc) is 3.09. The van der Waals surface area contributed by atoms with E-state index in [0.717, 1.165) is 6.42 Å². The van der Waals surface area contributed by atoms with E-state index in [1.807, 2.05) is 6.92 Å². The molecule has 1 aromatic carbocycles. The van der Waals surface area contributed by atoms with Crippen molar-refractivity contribution in [3.05, 3.63) is 24.3 Å². The van der Waals surface area contributed by atoms with Gasteiger partial charge in [0.05, 0.1) is 5.88 Å². The number of ether oxygens (including phenoxy) is 1. The van der Waals surface area contributed by atoms with Gasteiger partial charge in [0.15, 0.2) is 6.61 Å². The number of hydrogen-bond acceptors (Lipinski definition) is 5. The molecule has 0 bridgehead atoms. The van der Waals surface area contributed by atoms with Crippen LogP contribution >= 0.6 is 11.8 Å². The highest BCUT2D eigenvalue weighted by Crippen LogP contribution is 2.26. The van der Waals surface area contributed by atoms with E-state index in [1.165, 1.54) is 4.90 Å². The zero-order valence-electron chi connectivity index (χ0n) is 14.3. The SMILES string of the molecule is CCCC(=O)N1CSCC1C(=O)N(C)c1ccc(OCC(=O)O)cc1. The lowest BCUT2D eigenvalue weighted by molar-refractivity contribution is -0.139. The molecule has 1 heterocycles. The smallest absolute Gasteiger partial charge is 0.341 e. The number of thioether (sulfide) groups is 1. The number of hydrogen-bond donors (Lipinski definition) is 1. The minimum atomic E-state index is -1.05. The largest absolute Gasteiger partial charge is 0.482 e. The molecule has 1 atom stereocenters. The first-order valence-electron chi connectivity index (χ1n) is 8.03. The van der Waals surface area contributed by atoms with Crippen LogP contribution in [-0.2, 0) is 14.4 Å². The summed E-state index contributed by atoms with van der Waals surface area (Å²) in [5.74, 6) is 0.393. The topological polar surface area (TPSA) is 87.2 Å². The van der Waals surface area contributed by atoms with E-state index in [1.54, 1.807) is 48.0 Å². The Labute approximate surface area is 150 Å². The molecule has 0 spiro atoms. The Morgan fingerprint density at radius 1 is 1.32 bits per heavy atom. The molecule has 1 unspecified atom stereocenters. The van der Waals surface area contributed by atoms with Gasteiger partial charge in [0.25, 0.3) is 0 Å². The summed E-state index contributed by atoms with van der Waals surface area (Å²) in [4.78, 5) is 38.6. The maximum Gasteiger partial charge on any atom is 0.341 e. The van der Waals surface area contributed by atoms with Gasteiger partial charge in [-0.15, -0.1) is 11.8 Å². The second-order valence-electron chi connectivity index (χ2n) is 5.70. The molecule has 1 fully saturated rings. The second-order valence-corrected chi connectivity index (χ2v) is 6.70. The Bertz CT molecular complexity index is 634. The summed E-state index contributed by atoms with van der Waals surface area (Å²) in [5.41, 5.74) is 0.660. The third-order valence-corrected chi connectivity index (χ3v) is 4.88. The van der Waals surface area contributed by atoms with E-state index < -0.39 is 18.6 Å². The van der Waals surface area contributed by atoms with Crippen LogP contribution in [0.1, 0.15) is 19.8 Å². The number of carbonyl (C=O) groups is 3. The van der Waals surface area contributed by atoms with Gasteiger partial charge in [-0.05, 0) is 30.7 Å².